The lowest BCUT2D eigenvalue weighted by Gasteiger charge is -2.05. The molecule has 0 atom stereocenters. The first-order chi connectivity index (χ1) is 9.60. The standard InChI is InChI=1S/C15H14O4S/c1-2-13(16)10-3-5-11(6-4-10)19-9-12-7-8-14(20-12)15(17)18/h3-8H,2,9H2,1H3,(H,17,18). The number of hydrogen-bond acceptors (Lipinski definition) is 4. The van der Waals surface area contributed by atoms with Crippen LogP contribution < -0.4 is 4.74 Å². The first-order valence-electron chi connectivity index (χ1n) is 6.18. The monoisotopic (exact) mass is 290 g/mol. The average Bonchev–Trinajstić information content (AvgIpc) is 2.94. The van der Waals surface area contributed by atoms with Gasteiger partial charge in [-0.2, -0.15) is 0 Å². The summed E-state index contributed by atoms with van der Waals surface area (Å²) in [7, 11) is 0. The van der Waals surface area contributed by atoms with Gasteiger partial charge in [-0.05, 0) is 36.4 Å². The van der Waals surface area contributed by atoms with E-state index in [1.54, 1.807) is 36.4 Å². The second kappa shape index (κ2) is 6.34. The van der Waals surface area contributed by atoms with Crippen LogP contribution in [0.5, 0.6) is 5.75 Å². The summed E-state index contributed by atoms with van der Waals surface area (Å²) in [4.78, 5) is 23.4. The van der Waals surface area contributed by atoms with Crippen molar-refractivity contribution in [3.63, 3.8) is 0 Å². The molecule has 0 saturated heterocycles. The number of hydrogen-bond donors (Lipinski definition) is 1. The molecule has 0 radical (unpaired) electrons. The van der Waals surface area contributed by atoms with Crippen molar-refractivity contribution in [3.8, 4) is 5.75 Å². The summed E-state index contributed by atoms with van der Waals surface area (Å²) < 4.78 is 5.56. The van der Waals surface area contributed by atoms with E-state index < -0.39 is 5.97 Å². The van der Waals surface area contributed by atoms with Crippen LogP contribution in [0, 0.1) is 0 Å². The lowest BCUT2D eigenvalue weighted by Crippen LogP contribution is -1.97. The van der Waals surface area contributed by atoms with Gasteiger partial charge in [0.25, 0.3) is 0 Å². The molecule has 0 spiro atoms. The van der Waals surface area contributed by atoms with Crippen molar-refractivity contribution >= 4 is 23.1 Å². The van der Waals surface area contributed by atoms with E-state index in [0.717, 1.165) is 4.88 Å². The van der Waals surface area contributed by atoms with Gasteiger partial charge >= 0.3 is 5.97 Å². The lowest BCUT2D eigenvalue weighted by atomic mass is 10.1. The Labute approximate surface area is 120 Å². The average molecular weight is 290 g/mol. The second-order valence-corrected chi connectivity index (χ2v) is 5.33. The smallest absolute Gasteiger partial charge is 0.345 e. The molecule has 2 rings (SSSR count). The number of carbonyl (C=O) groups excluding carboxylic acids is 1. The van der Waals surface area contributed by atoms with Gasteiger partial charge in [0.1, 0.15) is 17.2 Å². The summed E-state index contributed by atoms with van der Waals surface area (Å²) in [5.41, 5.74) is 0.670. The minimum Gasteiger partial charge on any atom is -0.488 e. The predicted molar refractivity (Wildman–Crippen MR) is 76.7 cm³/mol. The number of ketones is 1. The van der Waals surface area contributed by atoms with Crippen molar-refractivity contribution in [3.05, 3.63) is 51.7 Å². The second-order valence-electron chi connectivity index (χ2n) is 4.16. The van der Waals surface area contributed by atoms with Crippen LogP contribution in [0.15, 0.2) is 36.4 Å². The predicted octanol–water partition coefficient (Wildman–Crippen LogP) is 3.62. The number of carbonyl (C=O) groups is 2. The Hall–Kier alpha value is -2.14. The fraction of sp³-hybridized carbons (Fsp3) is 0.200. The van der Waals surface area contributed by atoms with Gasteiger partial charge in [-0.1, -0.05) is 6.92 Å². The summed E-state index contributed by atoms with van der Waals surface area (Å²) in [5, 5.41) is 8.83. The summed E-state index contributed by atoms with van der Waals surface area (Å²) in [6.45, 7) is 2.14. The number of carboxylic acids is 1. The fourth-order valence-electron chi connectivity index (χ4n) is 1.67. The Morgan fingerprint density at radius 3 is 2.40 bits per heavy atom. The number of thiophene rings is 1. The number of Topliss-reactive ketones (excluding diaryl/α,β-unsaturated/α-hetero) is 1. The highest BCUT2D eigenvalue weighted by molar-refractivity contribution is 7.13. The molecule has 4 nitrogen and oxygen atoms in total. The van der Waals surface area contributed by atoms with Crippen molar-refractivity contribution in [2.24, 2.45) is 0 Å². The van der Waals surface area contributed by atoms with Crippen molar-refractivity contribution in [2.75, 3.05) is 0 Å². The van der Waals surface area contributed by atoms with E-state index in [9.17, 15) is 9.59 Å². The fourth-order valence-corrected chi connectivity index (χ4v) is 2.43. The molecule has 1 aromatic heterocycles. The number of ether oxygens (including phenoxy) is 1. The molecule has 104 valence electrons. The molecular formula is C15H14O4S. The molecule has 20 heavy (non-hydrogen) atoms. The van der Waals surface area contributed by atoms with Gasteiger partial charge in [0.05, 0.1) is 0 Å². The molecule has 0 fully saturated rings. The minimum absolute atomic E-state index is 0.0981. The van der Waals surface area contributed by atoms with E-state index in [1.165, 1.54) is 11.3 Å². The number of aromatic carboxylic acids is 1. The molecule has 2 aromatic rings. The Balaban J connectivity index is 1.96. The molecule has 0 aliphatic carbocycles. The zero-order chi connectivity index (χ0) is 14.5. The summed E-state index contributed by atoms with van der Waals surface area (Å²) >= 11 is 1.19. The quantitative estimate of drug-likeness (QED) is 0.825. The highest BCUT2D eigenvalue weighted by atomic mass is 32.1. The number of benzene rings is 1. The normalized spacial score (nSPS) is 10.2. The molecule has 0 amide bonds. The summed E-state index contributed by atoms with van der Waals surface area (Å²) in [6.07, 6.45) is 0.480. The van der Waals surface area contributed by atoms with Gasteiger partial charge in [0, 0.05) is 16.9 Å². The molecule has 1 aromatic carbocycles. The number of carboxylic acid groups (broad SMARTS) is 1. The van der Waals surface area contributed by atoms with Crippen molar-refractivity contribution in [1.29, 1.82) is 0 Å². The zero-order valence-electron chi connectivity index (χ0n) is 11.0. The Morgan fingerprint density at radius 1 is 1.15 bits per heavy atom. The lowest BCUT2D eigenvalue weighted by molar-refractivity contribution is 0.0702. The summed E-state index contributed by atoms with van der Waals surface area (Å²) in [5.74, 6) is -0.174. The van der Waals surface area contributed by atoms with Crippen LogP contribution in [0.25, 0.3) is 0 Å². The number of rotatable bonds is 6. The highest BCUT2D eigenvalue weighted by Gasteiger charge is 2.07. The topological polar surface area (TPSA) is 63.6 Å². The van der Waals surface area contributed by atoms with E-state index in [1.807, 2.05) is 6.92 Å². The van der Waals surface area contributed by atoms with Crippen molar-refractivity contribution in [2.45, 2.75) is 20.0 Å². The van der Waals surface area contributed by atoms with Gasteiger partial charge < -0.3 is 9.84 Å². The Morgan fingerprint density at radius 2 is 1.85 bits per heavy atom. The van der Waals surface area contributed by atoms with Crippen molar-refractivity contribution in [1.82, 2.24) is 0 Å². The van der Waals surface area contributed by atoms with Gasteiger partial charge in [-0.3, -0.25) is 4.79 Å². The van der Waals surface area contributed by atoms with E-state index in [4.69, 9.17) is 9.84 Å². The van der Waals surface area contributed by atoms with Crippen LogP contribution >= 0.6 is 11.3 Å². The van der Waals surface area contributed by atoms with Crippen LogP contribution in [0.4, 0.5) is 0 Å². The third-order valence-electron chi connectivity index (χ3n) is 2.75. The van der Waals surface area contributed by atoms with E-state index in [2.05, 4.69) is 0 Å². The largest absolute Gasteiger partial charge is 0.488 e. The third-order valence-corrected chi connectivity index (χ3v) is 3.80. The molecule has 5 heteroatoms. The molecule has 1 N–H and O–H groups in total. The van der Waals surface area contributed by atoms with Gasteiger partial charge in [0.15, 0.2) is 5.78 Å². The van der Waals surface area contributed by atoms with Gasteiger partial charge in [-0.15, -0.1) is 11.3 Å². The maximum Gasteiger partial charge on any atom is 0.345 e. The maximum atomic E-state index is 11.5. The van der Waals surface area contributed by atoms with Crippen LogP contribution in [0.3, 0.4) is 0 Å². The summed E-state index contributed by atoms with van der Waals surface area (Å²) in [6, 6.07) is 10.3. The molecule has 1 heterocycles. The Kier molecular flexibility index (Phi) is 4.53. The van der Waals surface area contributed by atoms with E-state index >= 15 is 0 Å². The third kappa shape index (κ3) is 3.45. The zero-order valence-corrected chi connectivity index (χ0v) is 11.8. The highest BCUT2D eigenvalue weighted by Crippen LogP contribution is 2.20. The van der Waals surface area contributed by atoms with Crippen LogP contribution in [0.2, 0.25) is 0 Å². The minimum atomic E-state index is -0.927. The Bertz CT molecular complexity index is 613. The SMILES string of the molecule is CCC(=O)c1ccc(OCc2ccc(C(=O)O)s2)cc1. The molecule has 0 saturated carbocycles. The first kappa shape index (κ1) is 14.3. The molecule has 0 unspecified atom stereocenters. The molecule has 0 aliphatic rings. The van der Waals surface area contributed by atoms with Gasteiger partial charge in [0.2, 0.25) is 0 Å². The van der Waals surface area contributed by atoms with Crippen LogP contribution in [0.1, 0.15) is 38.3 Å². The molecular weight excluding hydrogens is 276 g/mol. The first-order valence-corrected chi connectivity index (χ1v) is 7.00. The van der Waals surface area contributed by atoms with Crippen molar-refractivity contribution < 1.29 is 19.4 Å². The van der Waals surface area contributed by atoms with Crippen LogP contribution in [-0.4, -0.2) is 16.9 Å². The molecule has 0 bridgehead atoms. The van der Waals surface area contributed by atoms with E-state index in [0.29, 0.717) is 29.2 Å². The maximum absolute atomic E-state index is 11.5. The van der Waals surface area contributed by atoms with E-state index in [-0.39, 0.29) is 5.78 Å². The van der Waals surface area contributed by atoms with Gasteiger partial charge in [-0.25, -0.2) is 4.79 Å². The molecule has 0 aliphatic heterocycles. The van der Waals surface area contributed by atoms with Crippen LogP contribution in [-0.2, 0) is 6.61 Å².